The molecule has 5 aromatic carbocycles. The van der Waals surface area contributed by atoms with Gasteiger partial charge in [-0.15, -0.1) is 11.8 Å². The summed E-state index contributed by atoms with van der Waals surface area (Å²) in [6.45, 7) is 9.83. The van der Waals surface area contributed by atoms with Gasteiger partial charge in [0.25, 0.3) is 25.8 Å². The molecule has 0 spiro atoms. The maximum Gasteiger partial charge on any atom is 0.501 e. The van der Waals surface area contributed by atoms with Crippen LogP contribution in [0.2, 0.25) is 5.02 Å². The molecule has 5 aromatic rings. The molecule has 2 aliphatic rings. The summed E-state index contributed by atoms with van der Waals surface area (Å²) in [6, 6.07) is 33.7. The van der Waals surface area contributed by atoms with Gasteiger partial charge < -0.3 is 19.9 Å². The Balaban J connectivity index is 1.01. The van der Waals surface area contributed by atoms with Crippen molar-refractivity contribution in [2.24, 2.45) is 0 Å². The fourth-order valence-corrected chi connectivity index (χ4v) is 11.4. The van der Waals surface area contributed by atoms with Crippen molar-refractivity contribution in [3.05, 3.63) is 137 Å². The Morgan fingerprint density at radius 3 is 2.12 bits per heavy atom. The molecule has 18 heteroatoms. The first-order valence-corrected chi connectivity index (χ1v) is 26.5. The zero-order valence-corrected chi connectivity index (χ0v) is 40.5. The number of carbonyl (C=O) groups excluding carboxylic acids is 1. The first-order valence-electron chi connectivity index (χ1n) is 22.2. The van der Waals surface area contributed by atoms with Crippen molar-refractivity contribution in [2.45, 2.75) is 78.1 Å². The van der Waals surface area contributed by atoms with Crippen LogP contribution < -0.4 is 14.9 Å². The lowest BCUT2D eigenvalue weighted by atomic mass is 9.99. The Labute approximate surface area is 401 Å². The van der Waals surface area contributed by atoms with Gasteiger partial charge in [0.05, 0.1) is 22.8 Å². The Hall–Kier alpha value is -4.62. The van der Waals surface area contributed by atoms with E-state index in [4.69, 9.17) is 16.3 Å². The van der Waals surface area contributed by atoms with E-state index in [1.165, 1.54) is 29.5 Å². The number of amides is 1. The van der Waals surface area contributed by atoms with E-state index >= 15 is 0 Å². The lowest BCUT2D eigenvalue weighted by Crippen LogP contribution is -2.46. The van der Waals surface area contributed by atoms with Gasteiger partial charge in [-0.2, -0.15) is 13.2 Å². The SMILES string of the molecule is CC(C)OC1CCN(CC[C@H](CSc2ccccc2)Nc2ccc(S(=O)(=O)NC(=O)c3ccc(N4CCN(Cc5ccccc5-c5ccc(Cl)cc5)CC4)cc3)cc2S(=O)(=O)C(F)(F)F)CC1. The number of ether oxygens (including phenoxy) is 1. The quantitative estimate of drug-likeness (QED) is 0.0815. The third-order valence-electron chi connectivity index (χ3n) is 11.9. The maximum absolute atomic E-state index is 14.3. The van der Waals surface area contributed by atoms with Crippen molar-refractivity contribution in [2.75, 3.05) is 61.8 Å². The third kappa shape index (κ3) is 13.3. The molecule has 2 saturated heterocycles. The number of nitrogens with zero attached hydrogens (tertiary/aromatic N) is 3. The highest BCUT2D eigenvalue weighted by atomic mass is 35.5. The highest BCUT2D eigenvalue weighted by Crippen LogP contribution is 2.37. The second-order valence-corrected chi connectivity index (χ2v) is 22.1. The molecule has 0 bridgehead atoms. The van der Waals surface area contributed by atoms with E-state index in [0.717, 1.165) is 79.4 Å². The predicted octanol–water partition coefficient (Wildman–Crippen LogP) is 9.59. The fraction of sp³-hybridized carbons (Fsp3) is 0.367. The number of hydrogen-bond acceptors (Lipinski definition) is 11. The summed E-state index contributed by atoms with van der Waals surface area (Å²) in [7, 11) is -10.9. The van der Waals surface area contributed by atoms with E-state index in [1.807, 2.05) is 85.3 Å². The number of hydrogen-bond donors (Lipinski definition) is 2. The second-order valence-electron chi connectivity index (χ2n) is 17.0. The Morgan fingerprint density at radius 1 is 0.806 bits per heavy atom. The molecule has 0 radical (unpaired) electrons. The van der Waals surface area contributed by atoms with Crippen LogP contribution in [0.5, 0.6) is 0 Å². The molecule has 2 aliphatic heterocycles. The Bertz CT molecular complexity index is 2660. The fourth-order valence-electron chi connectivity index (χ4n) is 8.30. The molecule has 0 aromatic heterocycles. The van der Waals surface area contributed by atoms with Crippen LogP contribution in [-0.2, 0) is 31.1 Å². The summed E-state index contributed by atoms with van der Waals surface area (Å²) >= 11 is 7.58. The van der Waals surface area contributed by atoms with Gasteiger partial charge in [-0.3, -0.25) is 9.69 Å². The highest BCUT2D eigenvalue weighted by Gasteiger charge is 2.48. The van der Waals surface area contributed by atoms with E-state index in [1.54, 1.807) is 12.1 Å². The standard InChI is InChI=1S/C49H55ClF3N5O6S3/c1-35(2)64-42-23-26-56(27-24-42)25-22-40(34-65-43-9-4-3-5-10-43)54-46-21-20-44(32-47(46)66(60,61)49(51,52)53)67(62,63)55-48(59)37-14-18-41(19-15-37)58-30-28-57(29-31-58)33-38-8-6-7-11-45(38)36-12-16-39(50)17-13-36/h3-21,32,35,40,42,54H,22-31,33-34H2,1-2H3,(H,55,59)/t40-/m1/s1. The molecular formula is C49H55ClF3N5O6S3. The second kappa shape index (κ2) is 22.2. The summed E-state index contributed by atoms with van der Waals surface area (Å²) in [6.07, 6.45) is 2.38. The van der Waals surface area contributed by atoms with Gasteiger partial charge in [-0.1, -0.05) is 66.2 Å². The van der Waals surface area contributed by atoms with Gasteiger partial charge in [0.2, 0.25) is 0 Å². The van der Waals surface area contributed by atoms with E-state index in [-0.39, 0.29) is 17.8 Å². The van der Waals surface area contributed by atoms with Crippen molar-refractivity contribution >= 4 is 60.5 Å². The lowest BCUT2D eigenvalue weighted by molar-refractivity contribution is -0.0436. The first kappa shape index (κ1) is 50.3. The number of carbonyl (C=O) groups is 1. The molecule has 2 heterocycles. The number of rotatable bonds is 18. The smallest absolute Gasteiger partial charge is 0.380 e. The first-order chi connectivity index (χ1) is 31.9. The van der Waals surface area contributed by atoms with Crippen LogP contribution in [0.3, 0.4) is 0 Å². The van der Waals surface area contributed by atoms with E-state index < -0.39 is 52.8 Å². The zero-order valence-electron chi connectivity index (χ0n) is 37.3. The monoisotopic (exact) mass is 997 g/mol. The van der Waals surface area contributed by atoms with E-state index in [2.05, 4.69) is 32.1 Å². The number of likely N-dealkylation sites (tertiary alicyclic amines) is 1. The molecule has 2 fully saturated rings. The number of benzene rings is 5. The van der Waals surface area contributed by atoms with Gasteiger partial charge in [-0.25, -0.2) is 21.6 Å². The summed E-state index contributed by atoms with van der Waals surface area (Å²) in [5.74, 6) is -0.662. The summed E-state index contributed by atoms with van der Waals surface area (Å²) in [4.78, 5) is 19.0. The molecule has 7 rings (SSSR count). The largest absolute Gasteiger partial charge is 0.501 e. The van der Waals surface area contributed by atoms with Crippen LogP contribution >= 0.6 is 23.4 Å². The highest BCUT2D eigenvalue weighted by molar-refractivity contribution is 7.99. The topological polar surface area (TPSA) is 128 Å². The minimum Gasteiger partial charge on any atom is -0.380 e. The number of nitrogens with one attached hydrogen (secondary N) is 2. The van der Waals surface area contributed by atoms with Gasteiger partial charge in [0.15, 0.2) is 0 Å². The number of thioether (sulfide) groups is 1. The summed E-state index contributed by atoms with van der Waals surface area (Å²) in [5, 5.41) is 3.70. The van der Waals surface area contributed by atoms with Crippen LogP contribution in [0.4, 0.5) is 24.5 Å². The number of sulfonamides is 1. The van der Waals surface area contributed by atoms with Crippen molar-refractivity contribution in [1.29, 1.82) is 0 Å². The molecule has 2 N–H and O–H groups in total. The van der Waals surface area contributed by atoms with Gasteiger partial charge in [0.1, 0.15) is 4.90 Å². The lowest BCUT2D eigenvalue weighted by Gasteiger charge is -2.36. The molecule has 0 unspecified atom stereocenters. The van der Waals surface area contributed by atoms with Crippen LogP contribution in [0.25, 0.3) is 11.1 Å². The van der Waals surface area contributed by atoms with E-state index in [9.17, 15) is 34.8 Å². The number of piperidine rings is 1. The number of alkyl halides is 3. The third-order valence-corrected chi connectivity index (χ3v) is 16.1. The minimum absolute atomic E-state index is 0.0124. The van der Waals surface area contributed by atoms with Crippen molar-refractivity contribution in [3.8, 4) is 11.1 Å². The Kier molecular flexibility index (Phi) is 16.7. The minimum atomic E-state index is -6.07. The summed E-state index contributed by atoms with van der Waals surface area (Å²) in [5.41, 5.74) is -1.91. The molecule has 11 nitrogen and oxygen atoms in total. The average Bonchev–Trinajstić information content (AvgIpc) is 3.31. The average molecular weight is 999 g/mol. The van der Waals surface area contributed by atoms with E-state index in [0.29, 0.717) is 42.9 Å². The van der Waals surface area contributed by atoms with Crippen LogP contribution in [-0.4, -0.2) is 108 Å². The normalized spacial score (nSPS) is 16.3. The number of piperazine rings is 1. The predicted molar refractivity (Wildman–Crippen MR) is 260 cm³/mol. The number of sulfone groups is 1. The molecule has 67 heavy (non-hydrogen) atoms. The molecule has 0 saturated carbocycles. The molecule has 1 amide bonds. The van der Waals surface area contributed by atoms with Crippen molar-refractivity contribution in [1.82, 2.24) is 14.5 Å². The van der Waals surface area contributed by atoms with Crippen molar-refractivity contribution in [3.63, 3.8) is 0 Å². The van der Waals surface area contributed by atoms with Gasteiger partial charge in [-0.05, 0) is 117 Å². The van der Waals surface area contributed by atoms with Crippen molar-refractivity contribution < 1.29 is 39.5 Å². The van der Waals surface area contributed by atoms with Gasteiger partial charge >= 0.3 is 5.51 Å². The zero-order chi connectivity index (χ0) is 47.8. The maximum atomic E-state index is 14.3. The molecule has 0 aliphatic carbocycles. The van der Waals surface area contributed by atoms with Crippen LogP contribution in [0, 0.1) is 0 Å². The number of anilines is 2. The Morgan fingerprint density at radius 2 is 1.46 bits per heavy atom. The molecular weight excluding hydrogens is 943 g/mol. The molecule has 358 valence electrons. The summed E-state index contributed by atoms with van der Waals surface area (Å²) < 4.78 is 104. The number of halogens is 4. The van der Waals surface area contributed by atoms with Crippen LogP contribution in [0.1, 0.15) is 49.0 Å². The molecule has 1 atom stereocenters. The van der Waals surface area contributed by atoms with Crippen LogP contribution in [0.15, 0.2) is 136 Å². The van der Waals surface area contributed by atoms with Gasteiger partial charge in [0, 0.05) is 85.3 Å².